The van der Waals surface area contributed by atoms with Crippen LogP contribution < -0.4 is 5.32 Å². The first kappa shape index (κ1) is 13.2. The molecule has 1 N–H and O–H groups in total. The lowest BCUT2D eigenvalue weighted by Crippen LogP contribution is -2.19. The lowest BCUT2D eigenvalue weighted by atomic mass is 10.1. The number of rotatable bonds is 4. The lowest BCUT2D eigenvalue weighted by molar-refractivity contribution is 0.144. The lowest BCUT2D eigenvalue weighted by Gasteiger charge is -2.17. The van der Waals surface area contributed by atoms with Gasteiger partial charge >= 0.3 is 0 Å². The van der Waals surface area contributed by atoms with Crippen molar-refractivity contribution in [2.75, 3.05) is 18.5 Å². The largest absolute Gasteiger partial charge is 0.382 e. The zero-order valence-electron chi connectivity index (χ0n) is 11.7. The highest BCUT2D eigenvalue weighted by atomic mass is 16.5. The molecule has 0 saturated carbocycles. The Bertz CT molecular complexity index is 516. The second-order valence-corrected chi connectivity index (χ2v) is 5.32. The van der Waals surface area contributed by atoms with Gasteiger partial charge in [0.1, 0.15) is 0 Å². The minimum atomic E-state index is 0.529. The van der Waals surface area contributed by atoms with Crippen molar-refractivity contribution in [2.24, 2.45) is 0 Å². The van der Waals surface area contributed by atoms with Crippen molar-refractivity contribution in [1.82, 2.24) is 9.55 Å². The Morgan fingerprint density at radius 3 is 3.20 bits per heavy atom. The molecule has 0 radical (unpaired) electrons. The molecule has 0 aliphatic carbocycles. The van der Waals surface area contributed by atoms with Gasteiger partial charge in [0.2, 0.25) is 0 Å². The van der Waals surface area contributed by atoms with Crippen LogP contribution in [0.4, 0.5) is 5.69 Å². The van der Waals surface area contributed by atoms with Gasteiger partial charge in [-0.1, -0.05) is 12.1 Å². The summed E-state index contributed by atoms with van der Waals surface area (Å²) in [6.07, 6.45) is 9.07. The Labute approximate surface area is 119 Å². The Hall–Kier alpha value is -1.81. The molecular formula is C16H21N3O. The van der Waals surface area contributed by atoms with Gasteiger partial charge in [-0.05, 0) is 37.0 Å². The number of anilines is 1. The molecule has 0 spiro atoms. The molecular weight excluding hydrogens is 250 g/mol. The van der Waals surface area contributed by atoms with E-state index in [1.165, 1.54) is 17.7 Å². The summed E-state index contributed by atoms with van der Waals surface area (Å²) in [7, 11) is 0. The molecule has 1 aliphatic heterocycles. The van der Waals surface area contributed by atoms with E-state index in [0.717, 1.165) is 32.6 Å². The summed E-state index contributed by atoms with van der Waals surface area (Å²) in [6.45, 7) is 2.63. The van der Waals surface area contributed by atoms with Crippen LogP contribution in [0.3, 0.4) is 0 Å². The van der Waals surface area contributed by atoms with Crippen molar-refractivity contribution in [3.63, 3.8) is 0 Å². The van der Waals surface area contributed by atoms with Crippen molar-refractivity contribution in [3.8, 4) is 0 Å². The summed E-state index contributed by atoms with van der Waals surface area (Å²) < 4.78 is 7.59. The molecule has 1 aromatic heterocycles. The molecule has 20 heavy (non-hydrogen) atoms. The maximum atomic E-state index is 5.51. The first-order valence-corrected chi connectivity index (χ1v) is 7.29. The van der Waals surface area contributed by atoms with Crippen LogP contribution in [-0.2, 0) is 11.3 Å². The first-order chi connectivity index (χ1) is 9.90. The number of nitrogens with zero attached hydrogens (tertiary/aromatic N) is 2. The average Bonchev–Trinajstić information content (AvgIpc) is 2.82. The van der Waals surface area contributed by atoms with E-state index in [2.05, 4.69) is 39.1 Å². The van der Waals surface area contributed by atoms with Crippen molar-refractivity contribution < 1.29 is 4.74 Å². The third-order valence-corrected chi connectivity index (χ3v) is 3.67. The molecule has 4 nitrogen and oxygen atoms in total. The molecule has 2 heterocycles. The molecule has 1 aromatic carbocycles. The number of benzene rings is 1. The van der Waals surface area contributed by atoms with E-state index in [0.29, 0.717) is 6.04 Å². The number of imidazole rings is 1. The molecule has 1 fully saturated rings. The number of nitrogens with one attached hydrogen (secondary N) is 1. The second kappa shape index (κ2) is 6.57. The number of hydrogen-bond donors (Lipinski definition) is 1. The Kier molecular flexibility index (Phi) is 4.33. The van der Waals surface area contributed by atoms with Crippen LogP contribution in [0.15, 0.2) is 43.0 Å². The van der Waals surface area contributed by atoms with Gasteiger partial charge in [0.15, 0.2) is 0 Å². The third kappa shape index (κ3) is 3.61. The van der Waals surface area contributed by atoms with Crippen LogP contribution in [-0.4, -0.2) is 28.8 Å². The number of hydrogen-bond acceptors (Lipinski definition) is 3. The molecule has 0 amide bonds. The summed E-state index contributed by atoms with van der Waals surface area (Å²) in [5.41, 5.74) is 2.49. The van der Waals surface area contributed by atoms with Gasteiger partial charge in [-0.3, -0.25) is 0 Å². The predicted molar refractivity (Wildman–Crippen MR) is 79.9 cm³/mol. The van der Waals surface area contributed by atoms with Crippen LogP contribution in [0.25, 0.3) is 0 Å². The smallest absolute Gasteiger partial charge is 0.0949 e. The average molecular weight is 271 g/mol. The van der Waals surface area contributed by atoms with Crippen molar-refractivity contribution in [3.05, 3.63) is 48.5 Å². The number of ether oxygens (including phenoxy) is 1. The van der Waals surface area contributed by atoms with E-state index in [-0.39, 0.29) is 0 Å². The zero-order valence-corrected chi connectivity index (χ0v) is 11.7. The SMILES string of the molecule is c1cc(Cn2ccnc2)cc(NC2CCCOCC2)c1. The molecule has 4 heteroatoms. The Balaban J connectivity index is 1.64. The van der Waals surface area contributed by atoms with Crippen LogP contribution in [0.2, 0.25) is 0 Å². The summed E-state index contributed by atoms with van der Waals surface area (Å²) in [5, 5.41) is 3.64. The quantitative estimate of drug-likeness (QED) is 0.929. The summed E-state index contributed by atoms with van der Waals surface area (Å²) in [5.74, 6) is 0. The highest BCUT2D eigenvalue weighted by molar-refractivity contribution is 5.46. The van der Waals surface area contributed by atoms with E-state index in [1.54, 1.807) is 0 Å². The normalized spacial score (nSPS) is 19.5. The van der Waals surface area contributed by atoms with Gasteiger partial charge < -0.3 is 14.6 Å². The molecule has 3 rings (SSSR count). The summed E-state index contributed by atoms with van der Waals surface area (Å²) in [4.78, 5) is 4.08. The standard InChI is InChI=1S/C16H21N3O/c1-3-14(12-19-8-7-17-13-19)11-16(4-1)18-15-5-2-9-20-10-6-15/h1,3-4,7-8,11,13,15,18H,2,5-6,9-10,12H2. The highest BCUT2D eigenvalue weighted by Crippen LogP contribution is 2.17. The van der Waals surface area contributed by atoms with Gasteiger partial charge in [-0.25, -0.2) is 4.98 Å². The fraction of sp³-hybridized carbons (Fsp3) is 0.438. The van der Waals surface area contributed by atoms with Gasteiger partial charge in [-0.15, -0.1) is 0 Å². The fourth-order valence-electron chi connectivity index (χ4n) is 2.63. The van der Waals surface area contributed by atoms with Gasteiger partial charge in [-0.2, -0.15) is 0 Å². The molecule has 106 valence electrons. The Morgan fingerprint density at radius 1 is 1.30 bits per heavy atom. The maximum absolute atomic E-state index is 5.51. The van der Waals surface area contributed by atoms with Crippen molar-refractivity contribution in [2.45, 2.75) is 31.8 Å². The van der Waals surface area contributed by atoms with E-state index < -0.39 is 0 Å². The van der Waals surface area contributed by atoms with Gasteiger partial charge in [0.25, 0.3) is 0 Å². The molecule has 1 atom stereocenters. The highest BCUT2D eigenvalue weighted by Gasteiger charge is 2.12. The molecule has 1 unspecified atom stereocenters. The van der Waals surface area contributed by atoms with Crippen molar-refractivity contribution >= 4 is 5.69 Å². The summed E-state index contributed by atoms with van der Waals surface area (Å²) in [6, 6.07) is 9.17. The maximum Gasteiger partial charge on any atom is 0.0949 e. The zero-order chi connectivity index (χ0) is 13.6. The molecule has 1 saturated heterocycles. The topological polar surface area (TPSA) is 39.1 Å². The minimum absolute atomic E-state index is 0.529. The monoisotopic (exact) mass is 271 g/mol. The third-order valence-electron chi connectivity index (χ3n) is 3.67. The van der Waals surface area contributed by atoms with Gasteiger partial charge in [0, 0.05) is 43.9 Å². The number of aromatic nitrogens is 2. The molecule has 2 aromatic rings. The van der Waals surface area contributed by atoms with Crippen LogP contribution in [0, 0.1) is 0 Å². The van der Waals surface area contributed by atoms with E-state index in [1.807, 2.05) is 18.7 Å². The van der Waals surface area contributed by atoms with E-state index in [9.17, 15) is 0 Å². The van der Waals surface area contributed by atoms with Gasteiger partial charge in [0.05, 0.1) is 6.33 Å². The summed E-state index contributed by atoms with van der Waals surface area (Å²) >= 11 is 0. The van der Waals surface area contributed by atoms with Crippen LogP contribution in [0.5, 0.6) is 0 Å². The van der Waals surface area contributed by atoms with E-state index >= 15 is 0 Å². The fourth-order valence-corrected chi connectivity index (χ4v) is 2.63. The minimum Gasteiger partial charge on any atom is -0.382 e. The van der Waals surface area contributed by atoms with Crippen LogP contribution >= 0.6 is 0 Å². The predicted octanol–water partition coefficient (Wildman–Crippen LogP) is 2.91. The van der Waals surface area contributed by atoms with Crippen LogP contribution in [0.1, 0.15) is 24.8 Å². The molecule has 0 bridgehead atoms. The molecule has 1 aliphatic rings. The second-order valence-electron chi connectivity index (χ2n) is 5.32. The van der Waals surface area contributed by atoms with Crippen molar-refractivity contribution in [1.29, 1.82) is 0 Å². The van der Waals surface area contributed by atoms with E-state index in [4.69, 9.17) is 4.74 Å². The Morgan fingerprint density at radius 2 is 2.30 bits per heavy atom. The first-order valence-electron chi connectivity index (χ1n) is 7.29.